The Labute approximate surface area is 147 Å². The Morgan fingerprint density at radius 2 is 2.25 bits per heavy atom. The van der Waals surface area contributed by atoms with Crippen molar-refractivity contribution in [3.8, 4) is 6.07 Å². The normalized spacial score (nSPS) is 26.4. The maximum Gasteiger partial charge on any atom is 0.262 e. The predicted molar refractivity (Wildman–Crippen MR) is 90.4 cm³/mol. The fourth-order valence-electron chi connectivity index (χ4n) is 2.72. The highest BCUT2D eigenvalue weighted by atomic mass is 35.5. The minimum absolute atomic E-state index is 0.0274. The van der Waals surface area contributed by atoms with Gasteiger partial charge in [-0.15, -0.1) is 0 Å². The predicted octanol–water partition coefficient (Wildman–Crippen LogP) is 1.99. The van der Waals surface area contributed by atoms with Gasteiger partial charge in [0.1, 0.15) is 12.2 Å². The molecule has 126 valence electrons. The topological polar surface area (TPSA) is 90.6 Å². The summed E-state index contributed by atoms with van der Waals surface area (Å²) in [4.78, 5) is 17.1. The second-order valence-electron chi connectivity index (χ2n) is 5.39. The van der Waals surface area contributed by atoms with Gasteiger partial charge in [0, 0.05) is 10.9 Å². The van der Waals surface area contributed by atoms with Crippen molar-refractivity contribution < 1.29 is 17.6 Å². The fourth-order valence-corrected chi connectivity index (χ4v) is 6.76. The molecule has 0 spiro atoms. The molecule has 24 heavy (non-hydrogen) atoms. The number of fused-ring (bicyclic) bond motifs is 1. The third kappa shape index (κ3) is 3.27. The molecule has 0 N–H and O–H groups in total. The number of hydrogen-bond acceptors (Lipinski definition) is 5. The molecule has 10 heteroatoms. The van der Waals surface area contributed by atoms with E-state index in [2.05, 4.69) is 4.99 Å². The van der Waals surface area contributed by atoms with Gasteiger partial charge in [0.25, 0.3) is 5.91 Å². The summed E-state index contributed by atoms with van der Waals surface area (Å²) >= 11 is 6.85. The van der Waals surface area contributed by atoms with E-state index in [1.54, 1.807) is 17.0 Å². The first-order valence-electron chi connectivity index (χ1n) is 6.90. The molecule has 0 radical (unpaired) electrons. The van der Waals surface area contributed by atoms with Gasteiger partial charge in [-0.25, -0.2) is 12.8 Å². The van der Waals surface area contributed by atoms with Crippen LogP contribution in [0.25, 0.3) is 0 Å². The summed E-state index contributed by atoms with van der Waals surface area (Å²) in [6.45, 7) is 0. The molecule has 1 aromatic carbocycles. The monoisotopic (exact) mass is 387 g/mol. The van der Waals surface area contributed by atoms with Gasteiger partial charge in [-0.2, -0.15) is 10.3 Å². The van der Waals surface area contributed by atoms with Gasteiger partial charge in [0.05, 0.1) is 28.6 Å². The highest BCUT2D eigenvalue weighted by molar-refractivity contribution is 8.16. The number of nitrogens with zero attached hydrogens (tertiary/aromatic N) is 3. The zero-order valence-corrected chi connectivity index (χ0v) is 14.5. The van der Waals surface area contributed by atoms with Crippen LogP contribution in [-0.4, -0.2) is 42.3 Å². The highest BCUT2D eigenvalue weighted by Gasteiger charge is 2.49. The largest absolute Gasteiger partial charge is 0.315 e. The Balaban J connectivity index is 2.03. The number of halogens is 2. The van der Waals surface area contributed by atoms with Gasteiger partial charge >= 0.3 is 0 Å². The van der Waals surface area contributed by atoms with Crippen molar-refractivity contribution in [1.82, 2.24) is 0 Å². The maximum absolute atomic E-state index is 13.8. The summed E-state index contributed by atoms with van der Waals surface area (Å²) in [5.74, 6) is -1.39. The summed E-state index contributed by atoms with van der Waals surface area (Å²) in [6.07, 6.45) is -0.374. The molecule has 1 amide bonds. The average Bonchev–Trinajstić information content (AvgIpc) is 2.93. The van der Waals surface area contributed by atoms with Crippen LogP contribution in [0, 0.1) is 17.1 Å². The Hall–Kier alpha value is -1.63. The van der Waals surface area contributed by atoms with Crippen molar-refractivity contribution in [2.45, 2.75) is 17.7 Å². The molecule has 0 aromatic heterocycles. The average molecular weight is 388 g/mol. The van der Waals surface area contributed by atoms with Crippen LogP contribution in [0.1, 0.15) is 6.42 Å². The molecule has 1 aromatic rings. The first-order valence-corrected chi connectivity index (χ1v) is 9.98. The van der Waals surface area contributed by atoms with Gasteiger partial charge < -0.3 is 4.90 Å². The van der Waals surface area contributed by atoms with E-state index in [1.165, 1.54) is 12.1 Å². The molecular weight excluding hydrogens is 377 g/mol. The zero-order chi connectivity index (χ0) is 17.5. The van der Waals surface area contributed by atoms with E-state index < -0.39 is 27.6 Å². The summed E-state index contributed by atoms with van der Waals surface area (Å²) in [6, 6.07) is 5.37. The van der Waals surface area contributed by atoms with Crippen LogP contribution in [0.5, 0.6) is 0 Å². The molecule has 2 aliphatic heterocycles. The molecule has 0 bridgehead atoms. The molecule has 3 rings (SSSR count). The first kappa shape index (κ1) is 17.2. The Kier molecular flexibility index (Phi) is 4.55. The lowest BCUT2D eigenvalue weighted by molar-refractivity contribution is -0.116. The van der Waals surface area contributed by atoms with Gasteiger partial charge in [-0.3, -0.25) is 4.79 Å². The van der Waals surface area contributed by atoms with Crippen molar-refractivity contribution in [2.24, 2.45) is 4.99 Å². The van der Waals surface area contributed by atoms with Crippen molar-refractivity contribution >= 4 is 50.0 Å². The van der Waals surface area contributed by atoms with Crippen LogP contribution in [0.2, 0.25) is 5.02 Å². The summed E-state index contributed by atoms with van der Waals surface area (Å²) < 4.78 is 37.6. The van der Waals surface area contributed by atoms with E-state index in [1.807, 2.05) is 0 Å². The van der Waals surface area contributed by atoms with Crippen LogP contribution < -0.4 is 4.90 Å². The number of rotatable bonds is 2. The van der Waals surface area contributed by atoms with Crippen molar-refractivity contribution in [3.63, 3.8) is 0 Å². The lowest BCUT2D eigenvalue weighted by atomic mass is 10.2. The number of carbonyl (C=O) groups is 1. The number of amidine groups is 1. The van der Waals surface area contributed by atoms with E-state index in [4.69, 9.17) is 16.9 Å². The molecule has 0 aliphatic carbocycles. The third-order valence-corrected chi connectivity index (χ3v) is 7.21. The van der Waals surface area contributed by atoms with Gasteiger partial charge in [0.2, 0.25) is 0 Å². The molecule has 2 fully saturated rings. The number of benzene rings is 1. The molecule has 2 atom stereocenters. The lowest BCUT2D eigenvalue weighted by Crippen LogP contribution is -2.37. The number of amides is 1. The molecule has 2 heterocycles. The third-order valence-electron chi connectivity index (χ3n) is 3.70. The standard InChI is InChI=1S/C14H11ClFN3O3S2/c15-9-2-1-8(5-10(9)16)19-11-6-24(21,22)7-12(11)23-14(19)18-13(20)3-4-17/h1-2,5,11-12H,3,6-7H2/t11-,12+/m1/s1. The smallest absolute Gasteiger partial charge is 0.262 e. The number of sulfone groups is 1. The number of nitriles is 1. The van der Waals surface area contributed by atoms with Gasteiger partial charge in [-0.05, 0) is 18.2 Å². The quantitative estimate of drug-likeness (QED) is 0.770. The Morgan fingerprint density at radius 1 is 1.50 bits per heavy atom. The van der Waals surface area contributed by atoms with Crippen LogP contribution in [0.4, 0.5) is 10.1 Å². The maximum atomic E-state index is 13.8. The molecule has 0 unspecified atom stereocenters. The molecule has 0 saturated carbocycles. The first-order chi connectivity index (χ1) is 11.3. The number of hydrogen-bond donors (Lipinski definition) is 0. The van der Waals surface area contributed by atoms with Crippen molar-refractivity contribution in [1.29, 1.82) is 5.26 Å². The van der Waals surface area contributed by atoms with Crippen molar-refractivity contribution in [3.05, 3.63) is 29.0 Å². The molecule has 6 nitrogen and oxygen atoms in total. The van der Waals surface area contributed by atoms with Crippen LogP contribution in [0.3, 0.4) is 0 Å². The number of carbonyl (C=O) groups excluding carboxylic acids is 1. The van der Waals surface area contributed by atoms with E-state index in [-0.39, 0.29) is 33.4 Å². The van der Waals surface area contributed by atoms with E-state index in [0.717, 1.165) is 11.8 Å². The zero-order valence-electron chi connectivity index (χ0n) is 12.1. The van der Waals surface area contributed by atoms with E-state index in [9.17, 15) is 17.6 Å². The van der Waals surface area contributed by atoms with Gasteiger partial charge in [0.15, 0.2) is 15.0 Å². The van der Waals surface area contributed by atoms with Crippen LogP contribution in [0.15, 0.2) is 23.2 Å². The fraction of sp³-hybridized carbons (Fsp3) is 0.357. The van der Waals surface area contributed by atoms with E-state index >= 15 is 0 Å². The Morgan fingerprint density at radius 3 is 2.92 bits per heavy atom. The minimum atomic E-state index is -3.20. The number of thioether (sulfide) groups is 1. The summed E-state index contributed by atoms with van der Waals surface area (Å²) in [7, 11) is -3.20. The van der Waals surface area contributed by atoms with E-state index in [0.29, 0.717) is 5.69 Å². The second-order valence-corrected chi connectivity index (χ2v) is 9.16. The molecule has 2 aliphatic rings. The molecule has 2 saturated heterocycles. The second kappa shape index (κ2) is 6.35. The van der Waals surface area contributed by atoms with Crippen molar-refractivity contribution in [2.75, 3.05) is 16.4 Å². The molecular formula is C14H11ClFN3O3S2. The summed E-state index contributed by atoms with van der Waals surface area (Å²) in [5, 5.41) is 8.52. The minimum Gasteiger partial charge on any atom is -0.315 e. The van der Waals surface area contributed by atoms with Crippen LogP contribution in [-0.2, 0) is 14.6 Å². The lowest BCUT2D eigenvalue weighted by Gasteiger charge is -2.24. The Bertz CT molecular complexity index is 882. The summed E-state index contributed by atoms with van der Waals surface area (Å²) in [5.41, 5.74) is 0.373. The number of aliphatic imine (C=N–C) groups is 1. The SMILES string of the molecule is N#CCC(=O)N=C1S[C@H]2CS(=O)(=O)C[C@H]2N1c1ccc(Cl)c(F)c1. The highest BCUT2D eigenvalue weighted by Crippen LogP contribution is 2.41. The van der Waals surface area contributed by atoms with Gasteiger partial charge in [-0.1, -0.05) is 23.4 Å². The van der Waals surface area contributed by atoms with Crippen LogP contribution >= 0.6 is 23.4 Å². The number of anilines is 1.